The minimum absolute atomic E-state index is 0.605. The summed E-state index contributed by atoms with van der Waals surface area (Å²) in [7, 11) is 0. The van der Waals surface area contributed by atoms with E-state index in [4.69, 9.17) is 19.4 Å². The Morgan fingerprint density at radius 3 is 1.42 bits per heavy atom. The van der Waals surface area contributed by atoms with E-state index in [1.54, 1.807) is 11.3 Å². The Kier molecular flexibility index (Phi) is 6.64. The normalized spacial score (nSPS) is 11.6. The minimum atomic E-state index is 0.605. The van der Waals surface area contributed by atoms with Crippen molar-refractivity contribution < 1.29 is 4.42 Å². The van der Waals surface area contributed by atoms with Crippen LogP contribution in [0, 0.1) is 0 Å². The minimum Gasteiger partial charge on any atom is -0.456 e. The molecule has 3 aromatic heterocycles. The van der Waals surface area contributed by atoms with Gasteiger partial charge in [0.2, 0.25) is 0 Å². The summed E-state index contributed by atoms with van der Waals surface area (Å²) in [4.78, 5) is 15.6. The van der Waals surface area contributed by atoms with E-state index in [0.29, 0.717) is 17.5 Å². The van der Waals surface area contributed by atoms with Crippen LogP contribution in [0.3, 0.4) is 0 Å². The van der Waals surface area contributed by atoms with E-state index < -0.39 is 0 Å². The molecular formula is C45H27N3OS. The van der Waals surface area contributed by atoms with E-state index in [2.05, 4.69) is 121 Å². The van der Waals surface area contributed by atoms with E-state index in [0.717, 1.165) is 54.5 Å². The number of rotatable bonds is 5. The van der Waals surface area contributed by atoms with Crippen molar-refractivity contribution in [2.75, 3.05) is 0 Å². The molecule has 0 spiro atoms. The van der Waals surface area contributed by atoms with Crippen molar-refractivity contribution in [3.63, 3.8) is 0 Å². The van der Waals surface area contributed by atoms with Gasteiger partial charge >= 0.3 is 0 Å². The molecule has 3 heterocycles. The SMILES string of the molecule is c1ccc(-c2nc(-c3cccc4c3sc3c(-c5ccccc5)cccc34)nc(-c3cccc4oc5cccc(-c6ccccc6)c5c34)n2)cc1. The molecule has 0 aliphatic heterocycles. The standard InChI is InChI=1S/C45H27N3OS/c1-4-14-28(15-5-1)31-20-12-26-37-39(31)40-35(24-13-27-38(40)49-37)44-46-43(30-18-8-3-9-19-30)47-45(48-44)36-25-11-23-34-33-22-10-21-32(41(33)50-42(34)36)29-16-6-2-7-17-29/h1-27H. The van der Waals surface area contributed by atoms with Crippen LogP contribution >= 0.6 is 11.3 Å². The van der Waals surface area contributed by atoms with Crippen LogP contribution in [0.2, 0.25) is 0 Å². The molecule has 0 aliphatic rings. The Hall–Kier alpha value is -6.43. The fourth-order valence-corrected chi connectivity index (χ4v) is 8.43. The van der Waals surface area contributed by atoms with Crippen molar-refractivity contribution >= 4 is 53.4 Å². The van der Waals surface area contributed by atoms with Crippen LogP contribution in [-0.4, -0.2) is 15.0 Å². The van der Waals surface area contributed by atoms with Crippen LogP contribution in [0.5, 0.6) is 0 Å². The van der Waals surface area contributed by atoms with Gasteiger partial charge in [0.05, 0.1) is 0 Å². The van der Waals surface area contributed by atoms with Gasteiger partial charge < -0.3 is 4.42 Å². The lowest BCUT2D eigenvalue weighted by Gasteiger charge is -2.10. The average molecular weight is 658 g/mol. The fourth-order valence-electron chi connectivity index (χ4n) is 7.09. The predicted octanol–water partition coefficient (Wildman–Crippen LogP) is 12.5. The van der Waals surface area contributed by atoms with Gasteiger partial charge in [0.1, 0.15) is 11.2 Å². The molecule has 0 N–H and O–H groups in total. The third-order valence-corrected chi connectivity index (χ3v) is 10.7. The topological polar surface area (TPSA) is 51.8 Å². The molecule has 10 rings (SSSR count). The molecule has 0 saturated heterocycles. The molecule has 0 bridgehead atoms. The third-order valence-electron chi connectivity index (χ3n) is 9.37. The smallest absolute Gasteiger partial charge is 0.165 e. The molecule has 234 valence electrons. The van der Waals surface area contributed by atoms with Gasteiger partial charge in [-0.05, 0) is 40.5 Å². The van der Waals surface area contributed by atoms with E-state index in [-0.39, 0.29) is 0 Å². The van der Waals surface area contributed by atoms with Gasteiger partial charge in [-0.2, -0.15) is 0 Å². The van der Waals surface area contributed by atoms with Crippen molar-refractivity contribution in [1.82, 2.24) is 15.0 Å². The number of benzene rings is 7. The monoisotopic (exact) mass is 657 g/mol. The van der Waals surface area contributed by atoms with Crippen LogP contribution in [-0.2, 0) is 0 Å². The summed E-state index contributed by atoms with van der Waals surface area (Å²) in [5.74, 6) is 1.87. The van der Waals surface area contributed by atoms with Crippen molar-refractivity contribution in [3.05, 3.63) is 164 Å². The number of hydrogen-bond acceptors (Lipinski definition) is 5. The largest absolute Gasteiger partial charge is 0.456 e. The lowest BCUT2D eigenvalue weighted by molar-refractivity contribution is 0.669. The van der Waals surface area contributed by atoms with Gasteiger partial charge in [-0.3, -0.25) is 0 Å². The first kappa shape index (κ1) is 28.6. The summed E-state index contributed by atoms with van der Waals surface area (Å²) in [6.45, 7) is 0. The number of aromatic nitrogens is 3. The van der Waals surface area contributed by atoms with E-state index in [1.165, 1.54) is 26.6 Å². The Labute approximate surface area is 292 Å². The number of fused-ring (bicyclic) bond motifs is 6. The Morgan fingerprint density at radius 2 is 0.780 bits per heavy atom. The third kappa shape index (κ3) is 4.63. The van der Waals surface area contributed by atoms with Gasteiger partial charge in [0, 0.05) is 47.6 Å². The summed E-state index contributed by atoms with van der Waals surface area (Å²) < 4.78 is 8.88. The highest BCUT2D eigenvalue weighted by molar-refractivity contribution is 7.26. The Bertz CT molecular complexity index is 2860. The number of hydrogen-bond donors (Lipinski definition) is 0. The maximum Gasteiger partial charge on any atom is 0.165 e. The molecule has 5 heteroatoms. The van der Waals surface area contributed by atoms with Crippen LogP contribution in [0.15, 0.2) is 168 Å². The number of thiophene rings is 1. The lowest BCUT2D eigenvalue weighted by Crippen LogP contribution is -2.00. The number of nitrogens with zero attached hydrogens (tertiary/aromatic N) is 3. The molecule has 0 radical (unpaired) electrons. The van der Waals surface area contributed by atoms with Crippen molar-refractivity contribution in [2.45, 2.75) is 0 Å². The van der Waals surface area contributed by atoms with Gasteiger partial charge in [0.15, 0.2) is 17.5 Å². The van der Waals surface area contributed by atoms with E-state index in [1.807, 2.05) is 42.5 Å². The maximum atomic E-state index is 6.48. The van der Waals surface area contributed by atoms with Crippen LogP contribution in [0.1, 0.15) is 0 Å². The molecule has 0 amide bonds. The second-order valence-corrected chi connectivity index (χ2v) is 13.4. The van der Waals surface area contributed by atoms with Crippen molar-refractivity contribution in [3.8, 4) is 56.4 Å². The summed E-state index contributed by atoms with van der Waals surface area (Å²) >= 11 is 1.80. The highest BCUT2D eigenvalue weighted by atomic mass is 32.1. The first-order valence-electron chi connectivity index (χ1n) is 16.6. The van der Waals surface area contributed by atoms with E-state index in [9.17, 15) is 0 Å². The second kappa shape index (κ2) is 11.6. The Morgan fingerprint density at radius 1 is 0.340 bits per heavy atom. The first-order chi connectivity index (χ1) is 24.8. The van der Waals surface area contributed by atoms with Crippen molar-refractivity contribution in [2.24, 2.45) is 0 Å². The zero-order chi connectivity index (χ0) is 33.0. The molecule has 0 aliphatic carbocycles. The highest BCUT2D eigenvalue weighted by Crippen LogP contribution is 2.45. The predicted molar refractivity (Wildman–Crippen MR) is 207 cm³/mol. The van der Waals surface area contributed by atoms with Gasteiger partial charge in [-0.25, -0.2) is 15.0 Å². The lowest BCUT2D eigenvalue weighted by atomic mass is 9.97. The maximum absolute atomic E-state index is 6.48. The molecule has 10 aromatic rings. The fraction of sp³-hybridized carbons (Fsp3) is 0. The van der Waals surface area contributed by atoms with Crippen LogP contribution < -0.4 is 0 Å². The average Bonchev–Trinajstić information content (AvgIpc) is 3.78. The highest BCUT2D eigenvalue weighted by Gasteiger charge is 2.21. The summed E-state index contributed by atoms with van der Waals surface area (Å²) in [6, 6.07) is 56.6. The summed E-state index contributed by atoms with van der Waals surface area (Å²) in [5.41, 5.74) is 9.11. The molecule has 4 nitrogen and oxygen atoms in total. The summed E-state index contributed by atoms with van der Waals surface area (Å²) in [5, 5.41) is 4.46. The van der Waals surface area contributed by atoms with Gasteiger partial charge in [-0.15, -0.1) is 11.3 Å². The Balaban J connectivity index is 1.25. The zero-order valence-corrected chi connectivity index (χ0v) is 27.6. The quantitative estimate of drug-likeness (QED) is 0.185. The summed E-state index contributed by atoms with van der Waals surface area (Å²) in [6.07, 6.45) is 0. The molecular weight excluding hydrogens is 631 g/mol. The molecule has 0 unspecified atom stereocenters. The van der Waals surface area contributed by atoms with Crippen LogP contribution in [0.4, 0.5) is 0 Å². The molecule has 0 atom stereocenters. The number of furan rings is 1. The van der Waals surface area contributed by atoms with Gasteiger partial charge in [0.25, 0.3) is 0 Å². The van der Waals surface area contributed by atoms with E-state index >= 15 is 0 Å². The first-order valence-corrected chi connectivity index (χ1v) is 17.4. The molecule has 50 heavy (non-hydrogen) atoms. The second-order valence-electron chi connectivity index (χ2n) is 12.3. The van der Waals surface area contributed by atoms with Crippen molar-refractivity contribution in [1.29, 1.82) is 0 Å². The molecule has 0 saturated carbocycles. The van der Waals surface area contributed by atoms with Crippen LogP contribution in [0.25, 0.3) is 98.5 Å². The molecule has 7 aromatic carbocycles. The molecule has 0 fully saturated rings. The zero-order valence-electron chi connectivity index (χ0n) is 26.7. The van der Waals surface area contributed by atoms with Gasteiger partial charge in [-0.1, -0.05) is 146 Å².